The van der Waals surface area contributed by atoms with Gasteiger partial charge in [0, 0.05) is 37.2 Å². The average Bonchev–Trinajstić information content (AvgIpc) is 3.22. The minimum Gasteiger partial charge on any atom is -0.392 e. The molecule has 2 aliphatic heterocycles. The van der Waals surface area contributed by atoms with Crippen molar-refractivity contribution in [2.24, 2.45) is 5.92 Å². The van der Waals surface area contributed by atoms with E-state index in [1.54, 1.807) is 4.90 Å². The number of hydrogen-bond acceptors (Lipinski definition) is 3. The molecule has 2 aromatic rings. The number of β-amino-alcohol motifs (C(OH)–C–C–N with tert-alkyl or cyclic N) is 1. The normalized spacial score (nSPS) is 21.1. The zero-order chi connectivity index (χ0) is 24.4. The number of allylic oxidation sites excluding steroid dienone is 1. The third-order valence-electron chi connectivity index (χ3n) is 7.97. The van der Waals surface area contributed by atoms with Crippen LogP contribution in [-0.4, -0.2) is 59.6 Å². The van der Waals surface area contributed by atoms with Gasteiger partial charge in [0.05, 0.1) is 6.10 Å². The van der Waals surface area contributed by atoms with Crippen LogP contribution in [-0.2, 0) is 10.2 Å². The summed E-state index contributed by atoms with van der Waals surface area (Å²) in [5, 5.41) is 10.9. The Hall–Kier alpha value is -2.83. The minimum atomic E-state index is -0.666. The number of likely N-dealkylation sites (tertiary alicyclic amines) is 2. The van der Waals surface area contributed by atoms with Gasteiger partial charge in [-0.3, -0.25) is 4.79 Å². The summed E-state index contributed by atoms with van der Waals surface area (Å²) in [4.78, 5) is 16.6. The molecule has 1 aliphatic carbocycles. The molecule has 0 unspecified atom stereocenters. The molecule has 1 atom stereocenters. The second kappa shape index (κ2) is 10.0. The molecule has 2 fully saturated rings. The lowest BCUT2D eigenvalue weighted by atomic mass is 9.74. The smallest absolute Gasteiger partial charge is 0.246 e. The summed E-state index contributed by atoms with van der Waals surface area (Å²) < 4.78 is 26.7. The summed E-state index contributed by atoms with van der Waals surface area (Å²) in [6.45, 7) is 3.77. The molecule has 2 heterocycles. The number of carbonyl (C=O) groups is 1. The fourth-order valence-corrected chi connectivity index (χ4v) is 5.87. The number of piperidine rings is 2. The van der Waals surface area contributed by atoms with Crippen molar-refractivity contribution in [1.82, 2.24) is 9.80 Å². The Morgan fingerprint density at radius 1 is 1.06 bits per heavy atom. The zero-order valence-electron chi connectivity index (χ0n) is 19.9. The third kappa shape index (κ3) is 5.24. The molecule has 2 aromatic carbocycles. The molecule has 3 aliphatic rings. The topological polar surface area (TPSA) is 43.8 Å². The van der Waals surface area contributed by atoms with Crippen molar-refractivity contribution in [2.75, 3.05) is 32.7 Å². The molecule has 0 radical (unpaired) electrons. The quantitative estimate of drug-likeness (QED) is 0.637. The first-order valence-electron chi connectivity index (χ1n) is 12.5. The number of aliphatic hydroxyl groups excluding tert-OH is 1. The summed E-state index contributed by atoms with van der Waals surface area (Å²) in [6, 6.07) is 11.8. The molecular weight excluding hydrogens is 446 g/mol. The molecule has 0 saturated carbocycles. The number of hydrogen-bond donors (Lipinski definition) is 1. The van der Waals surface area contributed by atoms with E-state index in [1.807, 2.05) is 0 Å². The van der Waals surface area contributed by atoms with Crippen molar-refractivity contribution in [3.8, 4) is 0 Å². The molecule has 35 heavy (non-hydrogen) atoms. The van der Waals surface area contributed by atoms with Gasteiger partial charge in [-0.05, 0) is 79.6 Å². The molecule has 184 valence electrons. The lowest BCUT2D eigenvalue weighted by molar-refractivity contribution is -0.128. The maximum atomic E-state index is 13.3. The van der Waals surface area contributed by atoms with E-state index in [0.717, 1.165) is 44.8 Å². The molecule has 1 amide bonds. The highest BCUT2D eigenvalue weighted by Crippen LogP contribution is 2.43. The van der Waals surface area contributed by atoms with Gasteiger partial charge in [0.15, 0.2) is 0 Å². The van der Waals surface area contributed by atoms with Gasteiger partial charge in [-0.15, -0.1) is 0 Å². The van der Waals surface area contributed by atoms with E-state index in [9.17, 15) is 18.7 Å². The third-order valence-corrected chi connectivity index (χ3v) is 7.97. The standard InChI is InChI=1S/C29H32F2N2O2/c30-24-17-21(18-25(31)19-24)5-6-28(35)33-13-8-23(9-14-33)27(34)20-32-15-11-29(12-16-32)10-7-22-3-1-2-4-26(22)29/h1-7,10,17-19,23,27,34H,8-9,11-16,20H2/b6-5+/t27-/m0/s1. The zero-order valence-corrected chi connectivity index (χ0v) is 19.9. The Bertz CT molecular complexity index is 1110. The number of amides is 1. The molecular formula is C29H32F2N2O2. The van der Waals surface area contributed by atoms with Gasteiger partial charge in [0.25, 0.3) is 0 Å². The van der Waals surface area contributed by atoms with Crippen LogP contribution >= 0.6 is 0 Å². The summed E-state index contributed by atoms with van der Waals surface area (Å²) in [5.41, 5.74) is 3.24. The van der Waals surface area contributed by atoms with E-state index < -0.39 is 17.7 Å². The predicted octanol–water partition coefficient (Wildman–Crippen LogP) is 4.64. The number of carbonyl (C=O) groups excluding carboxylic acids is 1. The Balaban J connectivity index is 1.08. The van der Waals surface area contributed by atoms with Crippen molar-refractivity contribution in [2.45, 2.75) is 37.2 Å². The largest absolute Gasteiger partial charge is 0.392 e. The van der Waals surface area contributed by atoms with Gasteiger partial charge >= 0.3 is 0 Å². The second-order valence-corrected chi connectivity index (χ2v) is 10.1. The predicted molar refractivity (Wildman–Crippen MR) is 134 cm³/mol. The highest BCUT2D eigenvalue weighted by atomic mass is 19.1. The highest BCUT2D eigenvalue weighted by molar-refractivity contribution is 5.91. The SMILES string of the molecule is O=C(/C=C/c1cc(F)cc(F)c1)N1CCC([C@@H](O)CN2CCC3(C=Cc4ccccc43)CC2)CC1. The molecule has 1 N–H and O–H groups in total. The number of rotatable bonds is 5. The van der Waals surface area contributed by atoms with E-state index in [1.165, 1.54) is 35.4 Å². The molecule has 0 bridgehead atoms. The first-order valence-corrected chi connectivity index (χ1v) is 12.5. The van der Waals surface area contributed by atoms with Crippen LogP contribution < -0.4 is 0 Å². The van der Waals surface area contributed by atoms with Crippen LogP contribution in [0.2, 0.25) is 0 Å². The van der Waals surface area contributed by atoms with Crippen LogP contribution in [0.15, 0.2) is 54.6 Å². The van der Waals surface area contributed by atoms with Crippen LogP contribution in [0, 0.1) is 17.6 Å². The first-order chi connectivity index (χ1) is 16.9. The van der Waals surface area contributed by atoms with Crippen LogP contribution in [0.25, 0.3) is 12.2 Å². The van der Waals surface area contributed by atoms with E-state index in [4.69, 9.17) is 0 Å². The van der Waals surface area contributed by atoms with E-state index >= 15 is 0 Å². The summed E-state index contributed by atoms with van der Waals surface area (Å²) >= 11 is 0. The van der Waals surface area contributed by atoms with Crippen molar-refractivity contribution >= 4 is 18.1 Å². The lowest BCUT2D eigenvalue weighted by Gasteiger charge is -2.41. The fraction of sp³-hybridized carbons (Fsp3) is 0.414. The van der Waals surface area contributed by atoms with Crippen molar-refractivity contribution in [3.05, 3.63) is 82.9 Å². The van der Waals surface area contributed by atoms with Crippen molar-refractivity contribution in [3.63, 3.8) is 0 Å². The van der Waals surface area contributed by atoms with E-state index in [2.05, 4.69) is 41.3 Å². The number of halogens is 2. The summed E-state index contributed by atoms with van der Waals surface area (Å²) in [7, 11) is 0. The van der Waals surface area contributed by atoms with Gasteiger partial charge in [0.2, 0.25) is 5.91 Å². The van der Waals surface area contributed by atoms with E-state index in [-0.39, 0.29) is 17.2 Å². The van der Waals surface area contributed by atoms with Gasteiger partial charge in [0.1, 0.15) is 11.6 Å². The van der Waals surface area contributed by atoms with E-state index in [0.29, 0.717) is 25.2 Å². The van der Waals surface area contributed by atoms with Gasteiger partial charge < -0.3 is 14.9 Å². The van der Waals surface area contributed by atoms with Crippen molar-refractivity contribution in [1.29, 1.82) is 0 Å². The molecule has 4 nitrogen and oxygen atoms in total. The number of aliphatic hydroxyl groups is 1. The van der Waals surface area contributed by atoms with Crippen LogP contribution in [0.1, 0.15) is 42.4 Å². The Morgan fingerprint density at radius 2 is 1.74 bits per heavy atom. The van der Waals surface area contributed by atoms with Crippen LogP contribution in [0.3, 0.4) is 0 Å². The Kier molecular flexibility index (Phi) is 6.85. The lowest BCUT2D eigenvalue weighted by Crippen LogP contribution is -2.47. The average molecular weight is 479 g/mol. The monoisotopic (exact) mass is 478 g/mol. The maximum absolute atomic E-state index is 13.3. The summed E-state index contributed by atoms with van der Waals surface area (Å²) in [5.74, 6) is -1.34. The Morgan fingerprint density at radius 3 is 2.46 bits per heavy atom. The molecule has 1 spiro atoms. The van der Waals surface area contributed by atoms with Gasteiger partial charge in [-0.1, -0.05) is 36.4 Å². The van der Waals surface area contributed by atoms with Crippen molar-refractivity contribution < 1.29 is 18.7 Å². The Labute approximate surface area is 205 Å². The van der Waals surface area contributed by atoms with Gasteiger partial charge in [-0.25, -0.2) is 8.78 Å². The molecule has 5 rings (SSSR count). The first kappa shape index (κ1) is 23.9. The molecule has 6 heteroatoms. The number of nitrogens with zero attached hydrogens (tertiary/aromatic N) is 2. The minimum absolute atomic E-state index is 0.147. The fourth-order valence-electron chi connectivity index (χ4n) is 5.87. The van der Waals surface area contributed by atoms with Crippen LogP contribution in [0.4, 0.5) is 8.78 Å². The van der Waals surface area contributed by atoms with Gasteiger partial charge in [-0.2, -0.15) is 0 Å². The van der Waals surface area contributed by atoms with Crippen LogP contribution in [0.5, 0.6) is 0 Å². The second-order valence-electron chi connectivity index (χ2n) is 10.1. The molecule has 0 aromatic heterocycles. The number of fused-ring (bicyclic) bond motifs is 2. The summed E-state index contributed by atoms with van der Waals surface area (Å²) in [6.07, 6.45) is 10.7. The number of benzene rings is 2. The molecule has 2 saturated heterocycles. The maximum Gasteiger partial charge on any atom is 0.246 e. The highest BCUT2D eigenvalue weighted by Gasteiger charge is 2.38.